The third-order valence-corrected chi connectivity index (χ3v) is 2.78. The number of nitrogens with two attached hydrogens (primary N) is 1. The van der Waals surface area contributed by atoms with Gasteiger partial charge in [0.2, 0.25) is 11.9 Å². The average Bonchev–Trinajstić information content (AvgIpc) is 2.31. The van der Waals surface area contributed by atoms with Gasteiger partial charge in [-0.3, -0.25) is 5.43 Å². The lowest BCUT2D eigenvalue weighted by molar-refractivity contribution is 0.178. The predicted molar refractivity (Wildman–Crippen MR) is 66.3 cm³/mol. The molecule has 1 fully saturated rings. The van der Waals surface area contributed by atoms with Crippen LogP contribution in [-0.4, -0.2) is 58.1 Å². The molecule has 1 aromatic rings. The van der Waals surface area contributed by atoms with E-state index in [9.17, 15) is 0 Å². The normalized spacial score (nSPS) is 18.2. The summed E-state index contributed by atoms with van der Waals surface area (Å²) in [6.45, 7) is 5.96. The third-order valence-electron chi connectivity index (χ3n) is 2.78. The van der Waals surface area contributed by atoms with Crippen molar-refractivity contribution in [3.63, 3.8) is 0 Å². The van der Waals surface area contributed by atoms with Gasteiger partial charge in [-0.15, -0.1) is 0 Å². The van der Waals surface area contributed by atoms with Gasteiger partial charge in [0.1, 0.15) is 5.82 Å². The van der Waals surface area contributed by atoms with Crippen LogP contribution in [0.1, 0.15) is 12.7 Å². The van der Waals surface area contributed by atoms with Crippen molar-refractivity contribution in [2.75, 3.05) is 44.4 Å². The zero-order valence-corrected chi connectivity index (χ0v) is 10.3. The molecule has 0 unspecified atom stereocenters. The Morgan fingerprint density at radius 3 is 2.53 bits per heavy atom. The van der Waals surface area contributed by atoms with Gasteiger partial charge in [-0.05, 0) is 7.05 Å². The van der Waals surface area contributed by atoms with E-state index in [-0.39, 0.29) is 5.95 Å². The molecule has 0 saturated carbocycles. The first-order valence-corrected chi connectivity index (χ1v) is 5.88. The van der Waals surface area contributed by atoms with E-state index >= 15 is 0 Å². The highest BCUT2D eigenvalue weighted by molar-refractivity contribution is 5.30. The second kappa shape index (κ2) is 5.24. The van der Waals surface area contributed by atoms with Crippen molar-refractivity contribution in [1.29, 1.82) is 0 Å². The molecule has 17 heavy (non-hydrogen) atoms. The molecule has 0 radical (unpaired) electrons. The number of hydrazine groups is 1. The lowest BCUT2D eigenvalue weighted by Gasteiger charge is -2.32. The molecule has 1 aliphatic heterocycles. The second-order valence-corrected chi connectivity index (χ2v) is 4.19. The number of piperazine rings is 1. The first kappa shape index (κ1) is 12.0. The van der Waals surface area contributed by atoms with E-state index in [2.05, 4.69) is 37.3 Å². The maximum atomic E-state index is 5.63. The van der Waals surface area contributed by atoms with Crippen molar-refractivity contribution in [3.8, 4) is 0 Å². The van der Waals surface area contributed by atoms with E-state index in [0.29, 0.717) is 11.8 Å². The van der Waals surface area contributed by atoms with Gasteiger partial charge in [0.15, 0.2) is 0 Å². The highest BCUT2D eigenvalue weighted by atomic mass is 15.6. The van der Waals surface area contributed by atoms with Crippen LogP contribution in [0.5, 0.6) is 0 Å². The Kier molecular flexibility index (Phi) is 3.70. The quantitative estimate of drug-likeness (QED) is 0.739. The Morgan fingerprint density at radius 1 is 1.18 bits per heavy atom. The first-order chi connectivity index (χ1) is 8.17. The highest BCUT2D eigenvalue weighted by Gasteiger charge is 2.14. The summed E-state index contributed by atoms with van der Waals surface area (Å²) >= 11 is 0. The monoisotopic (exact) mass is 237 g/mol. The average molecular weight is 237 g/mol. The van der Waals surface area contributed by atoms with Crippen molar-refractivity contribution >= 4 is 11.9 Å². The maximum Gasteiger partial charge on any atom is 0.242 e. The fourth-order valence-corrected chi connectivity index (χ4v) is 1.71. The third kappa shape index (κ3) is 3.24. The number of aryl methyl sites for hydroxylation is 1. The minimum Gasteiger partial charge on any atom is -0.368 e. The fraction of sp³-hybridized carbons (Fsp3) is 0.700. The largest absolute Gasteiger partial charge is 0.368 e. The summed E-state index contributed by atoms with van der Waals surface area (Å²) in [4.78, 5) is 14.7. The Morgan fingerprint density at radius 2 is 1.88 bits per heavy atom. The highest BCUT2D eigenvalue weighted by Crippen LogP contribution is 2.06. The SMILES string of the molecule is CCc1nc(N)nc(NN2CCN(C)CC2)n1. The summed E-state index contributed by atoms with van der Waals surface area (Å²) in [5.41, 5.74) is 8.81. The van der Waals surface area contributed by atoms with Crippen LogP contribution in [0, 0.1) is 0 Å². The van der Waals surface area contributed by atoms with Crippen molar-refractivity contribution in [1.82, 2.24) is 24.9 Å². The van der Waals surface area contributed by atoms with Crippen LogP contribution in [0.3, 0.4) is 0 Å². The molecule has 94 valence electrons. The van der Waals surface area contributed by atoms with Gasteiger partial charge in [-0.2, -0.15) is 15.0 Å². The number of rotatable bonds is 3. The summed E-state index contributed by atoms with van der Waals surface area (Å²) in [5, 5.41) is 2.11. The lowest BCUT2D eigenvalue weighted by Crippen LogP contribution is -2.47. The molecule has 2 rings (SSSR count). The van der Waals surface area contributed by atoms with Crippen LogP contribution in [0.15, 0.2) is 0 Å². The molecule has 1 saturated heterocycles. The summed E-state index contributed by atoms with van der Waals surface area (Å²) < 4.78 is 0. The molecule has 0 amide bonds. The van der Waals surface area contributed by atoms with Crippen LogP contribution in [0.2, 0.25) is 0 Å². The molecule has 3 N–H and O–H groups in total. The number of nitrogens with one attached hydrogen (secondary N) is 1. The zero-order chi connectivity index (χ0) is 12.3. The van der Waals surface area contributed by atoms with Gasteiger partial charge in [0.05, 0.1) is 0 Å². The van der Waals surface area contributed by atoms with Crippen LogP contribution in [-0.2, 0) is 6.42 Å². The van der Waals surface area contributed by atoms with E-state index in [1.807, 2.05) is 6.92 Å². The van der Waals surface area contributed by atoms with Gasteiger partial charge in [-0.1, -0.05) is 6.92 Å². The van der Waals surface area contributed by atoms with Crippen molar-refractivity contribution in [2.24, 2.45) is 0 Å². The van der Waals surface area contributed by atoms with E-state index in [4.69, 9.17) is 5.73 Å². The minimum absolute atomic E-state index is 0.272. The molecule has 7 heteroatoms. The van der Waals surface area contributed by atoms with Crippen LogP contribution in [0.25, 0.3) is 0 Å². The van der Waals surface area contributed by atoms with E-state index < -0.39 is 0 Å². The minimum atomic E-state index is 0.272. The molecule has 1 aromatic heterocycles. The number of hydrogen-bond acceptors (Lipinski definition) is 7. The molecular weight excluding hydrogens is 218 g/mol. The van der Waals surface area contributed by atoms with Crippen molar-refractivity contribution in [3.05, 3.63) is 5.82 Å². The Balaban J connectivity index is 2.00. The molecular formula is C10H19N7. The number of likely N-dealkylation sites (N-methyl/N-ethyl adjacent to an activating group) is 1. The van der Waals surface area contributed by atoms with Crippen molar-refractivity contribution in [2.45, 2.75) is 13.3 Å². The second-order valence-electron chi connectivity index (χ2n) is 4.19. The van der Waals surface area contributed by atoms with E-state index in [1.165, 1.54) is 0 Å². The van der Waals surface area contributed by atoms with Gasteiger partial charge in [0, 0.05) is 32.6 Å². The summed E-state index contributed by atoms with van der Waals surface area (Å²) in [5.74, 6) is 1.53. The molecule has 0 spiro atoms. The smallest absolute Gasteiger partial charge is 0.242 e. The molecule has 1 aliphatic rings. The van der Waals surface area contributed by atoms with Gasteiger partial charge in [-0.25, -0.2) is 5.01 Å². The fourth-order valence-electron chi connectivity index (χ4n) is 1.71. The number of hydrogen-bond donors (Lipinski definition) is 2. The number of aromatic nitrogens is 3. The van der Waals surface area contributed by atoms with Gasteiger partial charge >= 0.3 is 0 Å². The summed E-state index contributed by atoms with van der Waals surface area (Å²) in [7, 11) is 2.12. The molecule has 2 heterocycles. The predicted octanol–water partition coefficient (Wildman–Crippen LogP) is -0.409. The molecule has 0 atom stereocenters. The zero-order valence-electron chi connectivity index (χ0n) is 10.3. The molecule has 0 aromatic carbocycles. The molecule has 0 bridgehead atoms. The Hall–Kier alpha value is -1.47. The number of anilines is 2. The van der Waals surface area contributed by atoms with E-state index in [0.717, 1.165) is 32.6 Å². The lowest BCUT2D eigenvalue weighted by atomic mass is 10.4. The Bertz CT molecular complexity index is 373. The standard InChI is InChI=1S/C10H19N7/c1-3-8-12-9(11)14-10(13-8)15-17-6-4-16(2)5-7-17/h3-7H2,1-2H3,(H3,11,12,13,14,15). The number of nitrogen functional groups attached to an aromatic ring is 1. The van der Waals surface area contributed by atoms with Crippen LogP contribution < -0.4 is 11.2 Å². The summed E-state index contributed by atoms with van der Waals surface area (Å²) in [6, 6.07) is 0. The number of nitrogens with zero attached hydrogens (tertiary/aromatic N) is 5. The van der Waals surface area contributed by atoms with E-state index in [1.54, 1.807) is 0 Å². The topological polar surface area (TPSA) is 83.2 Å². The van der Waals surface area contributed by atoms with Gasteiger partial charge < -0.3 is 10.6 Å². The van der Waals surface area contributed by atoms with Crippen LogP contribution in [0.4, 0.5) is 11.9 Å². The maximum absolute atomic E-state index is 5.63. The van der Waals surface area contributed by atoms with Crippen molar-refractivity contribution < 1.29 is 0 Å². The molecule has 0 aliphatic carbocycles. The van der Waals surface area contributed by atoms with Gasteiger partial charge in [0.25, 0.3) is 0 Å². The first-order valence-electron chi connectivity index (χ1n) is 5.88. The van der Waals surface area contributed by atoms with Crippen LogP contribution >= 0.6 is 0 Å². The Labute approximate surface area is 101 Å². The molecule has 7 nitrogen and oxygen atoms in total. The summed E-state index contributed by atoms with van der Waals surface area (Å²) in [6.07, 6.45) is 0.754.